The van der Waals surface area contributed by atoms with Gasteiger partial charge in [0.05, 0.1) is 12.0 Å². The molecule has 2 atom stereocenters. The SMILES string of the molecule is CCOC(=O)[C@@]12CCCC[C@@H]1NCC2.Cl. The Bertz CT molecular complexity index is 235. The Labute approximate surface area is 97.4 Å². The van der Waals surface area contributed by atoms with Gasteiger partial charge in [0.25, 0.3) is 0 Å². The van der Waals surface area contributed by atoms with Gasteiger partial charge in [0.15, 0.2) is 0 Å². The second-order valence-electron chi connectivity index (χ2n) is 4.38. The van der Waals surface area contributed by atoms with Crippen molar-refractivity contribution < 1.29 is 9.53 Å². The van der Waals surface area contributed by atoms with E-state index >= 15 is 0 Å². The highest BCUT2D eigenvalue weighted by Gasteiger charge is 2.50. The van der Waals surface area contributed by atoms with Crippen LogP contribution in [0, 0.1) is 5.41 Å². The molecule has 4 heteroatoms. The minimum atomic E-state index is -0.172. The second-order valence-corrected chi connectivity index (χ2v) is 4.38. The van der Waals surface area contributed by atoms with Crippen molar-refractivity contribution in [3.63, 3.8) is 0 Å². The number of carbonyl (C=O) groups excluding carboxylic acids is 1. The van der Waals surface area contributed by atoms with Crippen molar-refractivity contribution in [3.8, 4) is 0 Å². The smallest absolute Gasteiger partial charge is 0.313 e. The number of fused-ring (bicyclic) bond motifs is 1. The average Bonchev–Trinajstić information content (AvgIpc) is 2.62. The van der Waals surface area contributed by atoms with Gasteiger partial charge in [-0.1, -0.05) is 12.8 Å². The summed E-state index contributed by atoms with van der Waals surface area (Å²) in [4.78, 5) is 11.9. The lowest BCUT2D eigenvalue weighted by molar-refractivity contribution is -0.157. The minimum Gasteiger partial charge on any atom is -0.466 e. The molecule has 0 spiro atoms. The number of ether oxygens (including phenoxy) is 1. The number of hydrogen-bond acceptors (Lipinski definition) is 3. The third-order valence-corrected chi connectivity index (χ3v) is 3.68. The molecule has 0 aromatic carbocycles. The van der Waals surface area contributed by atoms with Gasteiger partial charge in [0.1, 0.15) is 0 Å². The fourth-order valence-electron chi connectivity index (χ4n) is 2.93. The third kappa shape index (κ3) is 2.13. The van der Waals surface area contributed by atoms with Crippen LogP contribution in [0.5, 0.6) is 0 Å². The fourth-order valence-corrected chi connectivity index (χ4v) is 2.93. The van der Waals surface area contributed by atoms with Crippen LogP contribution in [-0.4, -0.2) is 25.2 Å². The van der Waals surface area contributed by atoms with Gasteiger partial charge < -0.3 is 10.1 Å². The molecular weight excluding hydrogens is 214 g/mol. The zero-order valence-electron chi connectivity index (χ0n) is 9.25. The normalized spacial score (nSPS) is 34.1. The van der Waals surface area contributed by atoms with Gasteiger partial charge in [0.2, 0.25) is 0 Å². The Morgan fingerprint density at radius 1 is 1.47 bits per heavy atom. The first kappa shape index (κ1) is 12.8. The van der Waals surface area contributed by atoms with Crippen molar-refractivity contribution in [2.45, 2.75) is 45.1 Å². The molecule has 1 saturated heterocycles. The lowest BCUT2D eigenvalue weighted by Crippen LogP contribution is -2.46. The van der Waals surface area contributed by atoms with Gasteiger partial charge in [-0.2, -0.15) is 0 Å². The lowest BCUT2D eigenvalue weighted by Gasteiger charge is -2.36. The van der Waals surface area contributed by atoms with E-state index in [0.717, 1.165) is 25.8 Å². The number of nitrogens with one attached hydrogen (secondary N) is 1. The zero-order chi connectivity index (χ0) is 10.0. The first-order chi connectivity index (χ1) is 6.79. The van der Waals surface area contributed by atoms with Crippen molar-refractivity contribution in [3.05, 3.63) is 0 Å². The summed E-state index contributed by atoms with van der Waals surface area (Å²) in [5.74, 6) is 0.0368. The number of halogens is 1. The second kappa shape index (κ2) is 5.17. The van der Waals surface area contributed by atoms with E-state index in [-0.39, 0.29) is 23.8 Å². The number of hydrogen-bond donors (Lipinski definition) is 1. The van der Waals surface area contributed by atoms with E-state index in [2.05, 4.69) is 5.32 Å². The van der Waals surface area contributed by atoms with E-state index in [9.17, 15) is 4.79 Å². The molecule has 1 N–H and O–H groups in total. The molecule has 0 amide bonds. The van der Waals surface area contributed by atoms with Gasteiger partial charge in [-0.05, 0) is 32.7 Å². The Balaban J connectivity index is 0.00000112. The molecule has 1 heterocycles. The molecule has 0 unspecified atom stereocenters. The molecule has 0 radical (unpaired) electrons. The van der Waals surface area contributed by atoms with Gasteiger partial charge in [-0.3, -0.25) is 4.79 Å². The summed E-state index contributed by atoms with van der Waals surface area (Å²) in [6, 6.07) is 0.385. The van der Waals surface area contributed by atoms with E-state index in [0.29, 0.717) is 12.6 Å². The Kier molecular flexibility index (Phi) is 4.41. The highest BCUT2D eigenvalue weighted by atomic mass is 35.5. The summed E-state index contributed by atoms with van der Waals surface area (Å²) < 4.78 is 5.21. The summed E-state index contributed by atoms with van der Waals surface area (Å²) in [6.45, 7) is 3.37. The molecule has 2 fully saturated rings. The molecule has 15 heavy (non-hydrogen) atoms. The van der Waals surface area contributed by atoms with Crippen LogP contribution in [0.4, 0.5) is 0 Å². The number of esters is 1. The van der Waals surface area contributed by atoms with Gasteiger partial charge in [-0.15, -0.1) is 12.4 Å². The summed E-state index contributed by atoms with van der Waals surface area (Å²) >= 11 is 0. The van der Waals surface area contributed by atoms with Crippen LogP contribution in [0.15, 0.2) is 0 Å². The summed E-state index contributed by atoms with van der Waals surface area (Å²) in [7, 11) is 0. The van der Waals surface area contributed by atoms with Crippen LogP contribution in [0.3, 0.4) is 0 Å². The van der Waals surface area contributed by atoms with Crippen LogP contribution >= 0.6 is 12.4 Å². The minimum absolute atomic E-state index is 0. The number of carbonyl (C=O) groups is 1. The topological polar surface area (TPSA) is 38.3 Å². The summed E-state index contributed by atoms with van der Waals surface area (Å²) in [6.07, 6.45) is 5.55. The Morgan fingerprint density at radius 3 is 3.00 bits per heavy atom. The lowest BCUT2D eigenvalue weighted by atomic mass is 9.70. The molecule has 0 aromatic rings. The highest BCUT2D eigenvalue weighted by Crippen LogP contribution is 2.43. The average molecular weight is 234 g/mol. The van der Waals surface area contributed by atoms with Crippen molar-refractivity contribution in [2.75, 3.05) is 13.2 Å². The zero-order valence-corrected chi connectivity index (χ0v) is 10.1. The maximum Gasteiger partial charge on any atom is 0.313 e. The summed E-state index contributed by atoms with van der Waals surface area (Å²) in [5.41, 5.74) is -0.172. The molecule has 0 bridgehead atoms. The van der Waals surface area contributed by atoms with Gasteiger partial charge >= 0.3 is 5.97 Å². The predicted molar refractivity (Wildman–Crippen MR) is 61.2 cm³/mol. The molecule has 2 rings (SSSR count). The molecule has 3 nitrogen and oxygen atoms in total. The van der Waals surface area contributed by atoms with Crippen LogP contribution in [-0.2, 0) is 9.53 Å². The first-order valence-corrected chi connectivity index (χ1v) is 5.70. The van der Waals surface area contributed by atoms with Crippen molar-refractivity contribution in [1.29, 1.82) is 0 Å². The van der Waals surface area contributed by atoms with Crippen molar-refractivity contribution in [2.24, 2.45) is 5.41 Å². The Hall–Kier alpha value is -0.280. The maximum atomic E-state index is 11.9. The quantitative estimate of drug-likeness (QED) is 0.741. The fraction of sp³-hybridized carbons (Fsp3) is 0.909. The molecule has 88 valence electrons. The van der Waals surface area contributed by atoms with E-state index in [1.807, 2.05) is 6.92 Å². The molecule has 0 aromatic heterocycles. The van der Waals surface area contributed by atoms with Gasteiger partial charge in [-0.25, -0.2) is 0 Å². The van der Waals surface area contributed by atoms with Crippen LogP contribution < -0.4 is 5.32 Å². The molecule has 2 aliphatic rings. The molecule has 1 saturated carbocycles. The third-order valence-electron chi connectivity index (χ3n) is 3.68. The Morgan fingerprint density at radius 2 is 2.27 bits per heavy atom. The summed E-state index contributed by atoms with van der Waals surface area (Å²) in [5, 5.41) is 3.44. The maximum absolute atomic E-state index is 11.9. The standard InChI is InChI=1S/C11H19NO2.ClH/c1-2-14-10(13)11-6-4-3-5-9(11)12-8-7-11;/h9,12H,2-8H2,1H3;1H/t9-,11+;/m0./s1. The number of rotatable bonds is 2. The molecule has 1 aliphatic carbocycles. The van der Waals surface area contributed by atoms with E-state index in [1.165, 1.54) is 12.8 Å². The monoisotopic (exact) mass is 233 g/mol. The van der Waals surface area contributed by atoms with Crippen molar-refractivity contribution in [1.82, 2.24) is 5.32 Å². The molecular formula is C11H20ClNO2. The van der Waals surface area contributed by atoms with Gasteiger partial charge in [0, 0.05) is 6.04 Å². The van der Waals surface area contributed by atoms with Crippen molar-refractivity contribution >= 4 is 18.4 Å². The predicted octanol–water partition coefficient (Wildman–Crippen LogP) is 1.89. The van der Waals surface area contributed by atoms with E-state index in [1.54, 1.807) is 0 Å². The van der Waals surface area contributed by atoms with E-state index < -0.39 is 0 Å². The van der Waals surface area contributed by atoms with Crippen LogP contribution in [0.1, 0.15) is 39.0 Å². The van der Waals surface area contributed by atoms with Crippen LogP contribution in [0.25, 0.3) is 0 Å². The largest absolute Gasteiger partial charge is 0.466 e. The molecule has 1 aliphatic heterocycles. The van der Waals surface area contributed by atoms with E-state index in [4.69, 9.17) is 4.74 Å². The highest BCUT2D eigenvalue weighted by molar-refractivity contribution is 5.85. The first-order valence-electron chi connectivity index (χ1n) is 5.70. The van der Waals surface area contributed by atoms with Crippen LogP contribution in [0.2, 0.25) is 0 Å².